The molecule has 2 aliphatic heterocycles. The maximum atomic E-state index is 5.25. The van der Waals surface area contributed by atoms with E-state index in [1.807, 2.05) is 0 Å². The Morgan fingerprint density at radius 2 is 2.40 bits per heavy atom. The summed E-state index contributed by atoms with van der Waals surface area (Å²) in [6.45, 7) is 5.45. The third-order valence-electron chi connectivity index (χ3n) is 2.94. The van der Waals surface area contributed by atoms with Crippen LogP contribution in [0.2, 0.25) is 0 Å². The summed E-state index contributed by atoms with van der Waals surface area (Å²) in [5.74, 6) is 0. The van der Waals surface area contributed by atoms with Crippen molar-refractivity contribution in [1.29, 1.82) is 0 Å². The predicted molar refractivity (Wildman–Crippen MR) is 40.0 cm³/mol. The first-order chi connectivity index (χ1) is 4.87. The minimum absolute atomic E-state index is 0.550. The summed E-state index contributed by atoms with van der Waals surface area (Å²) in [6, 6.07) is 0.737. The van der Waals surface area contributed by atoms with E-state index in [1.54, 1.807) is 0 Å². The lowest BCUT2D eigenvalue weighted by Crippen LogP contribution is -2.50. The van der Waals surface area contributed by atoms with Crippen LogP contribution in [0.4, 0.5) is 0 Å². The number of ether oxygens (including phenoxy) is 1. The topological polar surface area (TPSA) is 21.3 Å². The molecule has 2 nitrogen and oxygen atoms in total. The average molecular weight is 141 g/mol. The van der Waals surface area contributed by atoms with Crippen molar-refractivity contribution in [2.24, 2.45) is 5.41 Å². The molecule has 0 radical (unpaired) electrons. The molecule has 10 heavy (non-hydrogen) atoms. The zero-order chi connectivity index (χ0) is 7.03. The SMILES string of the molecule is CCC1NCCC12COC2. The second kappa shape index (κ2) is 2.21. The van der Waals surface area contributed by atoms with Gasteiger partial charge in [-0.05, 0) is 19.4 Å². The minimum atomic E-state index is 0.550. The number of hydrogen-bond acceptors (Lipinski definition) is 2. The molecule has 58 valence electrons. The normalized spacial score (nSPS) is 36.3. The Balaban J connectivity index is 2.05. The maximum absolute atomic E-state index is 5.25. The third kappa shape index (κ3) is 0.722. The van der Waals surface area contributed by atoms with Crippen LogP contribution in [0.3, 0.4) is 0 Å². The number of nitrogens with one attached hydrogen (secondary N) is 1. The van der Waals surface area contributed by atoms with Crippen LogP contribution >= 0.6 is 0 Å². The highest BCUT2D eigenvalue weighted by molar-refractivity contribution is 5.00. The Labute approximate surface area is 61.9 Å². The molecule has 0 saturated carbocycles. The van der Waals surface area contributed by atoms with Crippen LogP contribution in [-0.4, -0.2) is 25.8 Å². The van der Waals surface area contributed by atoms with Gasteiger partial charge < -0.3 is 10.1 Å². The van der Waals surface area contributed by atoms with E-state index in [1.165, 1.54) is 19.4 Å². The Hall–Kier alpha value is -0.0800. The molecule has 1 N–H and O–H groups in total. The molecule has 2 rings (SSSR count). The van der Waals surface area contributed by atoms with E-state index in [9.17, 15) is 0 Å². The maximum Gasteiger partial charge on any atom is 0.0560 e. The standard InChI is InChI=1S/C8H15NO/c1-2-7-8(3-4-9-7)5-10-6-8/h7,9H,2-6H2,1H3. The van der Waals surface area contributed by atoms with E-state index in [0.29, 0.717) is 5.41 Å². The first-order valence-corrected chi connectivity index (χ1v) is 4.18. The molecule has 0 aromatic rings. The van der Waals surface area contributed by atoms with Gasteiger partial charge in [0.2, 0.25) is 0 Å². The fourth-order valence-corrected chi connectivity index (χ4v) is 2.17. The van der Waals surface area contributed by atoms with E-state index in [4.69, 9.17) is 4.74 Å². The summed E-state index contributed by atoms with van der Waals surface area (Å²) in [5, 5.41) is 3.52. The molecule has 0 amide bonds. The molecular formula is C8H15NO. The summed E-state index contributed by atoms with van der Waals surface area (Å²) < 4.78 is 5.25. The molecule has 2 saturated heterocycles. The third-order valence-corrected chi connectivity index (χ3v) is 2.94. The van der Waals surface area contributed by atoms with Crippen molar-refractivity contribution in [2.75, 3.05) is 19.8 Å². The molecule has 0 aliphatic carbocycles. The summed E-state index contributed by atoms with van der Waals surface area (Å²) in [6.07, 6.45) is 2.58. The van der Waals surface area contributed by atoms with Crippen LogP contribution in [0.25, 0.3) is 0 Å². The highest BCUT2D eigenvalue weighted by atomic mass is 16.5. The highest BCUT2D eigenvalue weighted by Gasteiger charge is 2.47. The largest absolute Gasteiger partial charge is 0.380 e. The smallest absolute Gasteiger partial charge is 0.0560 e. The molecule has 1 unspecified atom stereocenters. The lowest BCUT2D eigenvalue weighted by Gasteiger charge is -2.42. The van der Waals surface area contributed by atoms with Gasteiger partial charge in [0.05, 0.1) is 13.2 Å². The summed E-state index contributed by atoms with van der Waals surface area (Å²) in [5.41, 5.74) is 0.550. The molecule has 2 heteroatoms. The molecule has 2 aliphatic rings. The van der Waals surface area contributed by atoms with Gasteiger partial charge >= 0.3 is 0 Å². The Morgan fingerprint density at radius 1 is 1.60 bits per heavy atom. The molecule has 1 spiro atoms. The molecule has 2 heterocycles. The lowest BCUT2D eigenvalue weighted by molar-refractivity contribution is -0.118. The quantitative estimate of drug-likeness (QED) is 0.582. The molecule has 2 fully saturated rings. The lowest BCUT2D eigenvalue weighted by atomic mass is 9.78. The van der Waals surface area contributed by atoms with Gasteiger partial charge in [-0.25, -0.2) is 0 Å². The molecule has 0 aromatic heterocycles. The van der Waals surface area contributed by atoms with Gasteiger partial charge in [0, 0.05) is 11.5 Å². The van der Waals surface area contributed by atoms with Crippen LogP contribution in [0.1, 0.15) is 19.8 Å². The van der Waals surface area contributed by atoms with Gasteiger partial charge in [-0.15, -0.1) is 0 Å². The van der Waals surface area contributed by atoms with Crippen molar-refractivity contribution in [2.45, 2.75) is 25.8 Å². The van der Waals surface area contributed by atoms with Crippen molar-refractivity contribution in [3.05, 3.63) is 0 Å². The van der Waals surface area contributed by atoms with E-state index >= 15 is 0 Å². The van der Waals surface area contributed by atoms with Crippen LogP contribution in [0.5, 0.6) is 0 Å². The summed E-state index contributed by atoms with van der Waals surface area (Å²) >= 11 is 0. The second-order valence-corrected chi connectivity index (χ2v) is 3.52. The first kappa shape index (κ1) is 6.62. The fraction of sp³-hybridized carbons (Fsp3) is 1.00. The van der Waals surface area contributed by atoms with Gasteiger partial charge in [-0.1, -0.05) is 6.92 Å². The highest BCUT2D eigenvalue weighted by Crippen LogP contribution is 2.39. The van der Waals surface area contributed by atoms with Gasteiger partial charge in [-0.3, -0.25) is 0 Å². The van der Waals surface area contributed by atoms with Gasteiger partial charge in [0.1, 0.15) is 0 Å². The van der Waals surface area contributed by atoms with Gasteiger partial charge in [-0.2, -0.15) is 0 Å². The van der Waals surface area contributed by atoms with E-state index < -0.39 is 0 Å². The number of rotatable bonds is 1. The van der Waals surface area contributed by atoms with E-state index in [0.717, 1.165) is 19.3 Å². The number of hydrogen-bond donors (Lipinski definition) is 1. The van der Waals surface area contributed by atoms with Crippen molar-refractivity contribution in [3.63, 3.8) is 0 Å². The van der Waals surface area contributed by atoms with Crippen LogP contribution in [-0.2, 0) is 4.74 Å². The van der Waals surface area contributed by atoms with Gasteiger partial charge in [0.25, 0.3) is 0 Å². The second-order valence-electron chi connectivity index (χ2n) is 3.52. The fourth-order valence-electron chi connectivity index (χ4n) is 2.17. The van der Waals surface area contributed by atoms with Gasteiger partial charge in [0.15, 0.2) is 0 Å². The molecular weight excluding hydrogens is 126 g/mol. The molecule has 0 aromatic carbocycles. The Morgan fingerprint density at radius 3 is 2.80 bits per heavy atom. The van der Waals surface area contributed by atoms with Crippen molar-refractivity contribution in [1.82, 2.24) is 5.32 Å². The van der Waals surface area contributed by atoms with Crippen LogP contribution < -0.4 is 5.32 Å². The zero-order valence-corrected chi connectivity index (χ0v) is 6.52. The van der Waals surface area contributed by atoms with Crippen molar-refractivity contribution >= 4 is 0 Å². The Kier molecular flexibility index (Phi) is 1.46. The summed E-state index contributed by atoms with van der Waals surface area (Å²) in [7, 11) is 0. The van der Waals surface area contributed by atoms with E-state index in [-0.39, 0.29) is 0 Å². The first-order valence-electron chi connectivity index (χ1n) is 4.18. The monoisotopic (exact) mass is 141 g/mol. The predicted octanol–water partition coefficient (Wildman–Crippen LogP) is 0.775. The summed E-state index contributed by atoms with van der Waals surface area (Å²) in [4.78, 5) is 0. The molecule has 1 atom stereocenters. The van der Waals surface area contributed by atoms with Crippen molar-refractivity contribution in [3.8, 4) is 0 Å². The van der Waals surface area contributed by atoms with Crippen molar-refractivity contribution < 1.29 is 4.74 Å². The van der Waals surface area contributed by atoms with E-state index in [2.05, 4.69) is 12.2 Å². The average Bonchev–Trinajstić information content (AvgIpc) is 2.27. The zero-order valence-electron chi connectivity index (χ0n) is 6.52. The minimum Gasteiger partial charge on any atom is -0.380 e. The molecule has 0 bridgehead atoms. The van der Waals surface area contributed by atoms with Crippen LogP contribution in [0, 0.1) is 5.41 Å². The van der Waals surface area contributed by atoms with Crippen LogP contribution in [0.15, 0.2) is 0 Å². The Bertz CT molecular complexity index is 131.